The van der Waals surface area contributed by atoms with Crippen molar-refractivity contribution in [2.24, 2.45) is 4.99 Å². The number of ketones is 1. The van der Waals surface area contributed by atoms with E-state index in [4.69, 9.17) is 0 Å². The number of carbonyl (C=O) groups excluding carboxylic acids is 2. The molecule has 1 aliphatic heterocycles. The molecule has 1 aliphatic rings. The predicted octanol–water partition coefficient (Wildman–Crippen LogP) is 3.40. The van der Waals surface area contributed by atoms with Gasteiger partial charge in [0.25, 0.3) is 0 Å². The molecule has 0 aliphatic carbocycles. The fraction of sp³-hybridized carbons (Fsp3) is 0.0435. The minimum absolute atomic E-state index is 0.0907. The molecule has 2 N–H and O–H groups in total. The van der Waals surface area contributed by atoms with E-state index in [1.54, 1.807) is 48.8 Å². The van der Waals surface area contributed by atoms with Crippen molar-refractivity contribution in [3.05, 3.63) is 107 Å². The Balaban J connectivity index is 1.33. The molecule has 0 fully saturated rings. The van der Waals surface area contributed by atoms with Crippen molar-refractivity contribution < 1.29 is 9.59 Å². The van der Waals surface area contributed by atoms with Crippen molar-refractivity contribution in [3.8, 4) is 0 Å². The number of carbonyl (C=O) groups is 2. The van der Waals surface area contributed by atoms with E-state index in [-0.39, 0.29) is 11.8 Å². The zero-order valence-corrected chi connectivity index (χ0v) is 16.8. The molecule has 0 bridgehead atoms. The average molecular weight is 415 g/mol. The Morgan fingerprint density at radius 1 is 1.00 bits per heavy atom. The van der Waals surface area contributed by atoms with Crippen molar-refractivity contribution in [1.29, 1.82) is 0 Å². The Kier molecular flexibility index (Phi) is 6.01. The van der Waals surface area contributed by atoms with Gasteiger partial charge in [-0.15, -0.1) is 11.8 Å². The third kappa shape index (κ3) is 4.82. The first-order chi connectivity index (χ1) is 14.7. The summed E-state index contributed by atoms with van der Waals surface area (Å²) in [5.74, 6) is 1.87. The summed E-state index contributed by atoms with van der Waals surface area (Å²) in [4.78, 5) is 33.5. The molecule has 0 saturated heterocycles. The van der Waals surface area contributed by atoms with Gasteiger partial charge in [-0.05, 0) is 18.3 Å². The number of aromatic nitrogens is 1. The monoisotopic (exact) mass is 415 g/mol. The van der Waals surface area contributed by atoms with Crippen molar-refractivity contribution in [3.63, 3.8) is 0 Å². The fourth-order valence-electron chi connectivity index (χ4n) is 2.89. The molecular weight excluding hydrogens is 396 g/mol. The summed E-state index contributed by atoms with van der Waals surface area (Å²) in [5, 5.41) is 6.47. The van der Waals surface area contributed by atoms with Gasteiger partial charge in [-0.2, -0.15) is 17.5 Å². The molecule has 4 rings (SSSR count). The Morgan fingerprint density at radius 3 is 2.63 bits per heavy atom. The number of thiol groups is 1. The van der Waals surface area contributed by atoms with Crippen LogP contribution in [-0.4, -0.2) is 29.1 Å². The zero-order chi connectivity index (χ0) is 20.8. The van der Waals surface area contributed by atoms with Gasteiger partial charge in [-0.3, -0.25) is 4.79 Å². The molecule has 2 amide bonds. The normalized spacial score (nSPS) is 12.7. The first-order valence-corrected chi connectivity index (χ1v) is 10.3. The second-order valence-corrected chi connectivity index (χ2v) is 7.45. The summed E-state index contributed by atoms with van der Waals surface area (Å²) in [6, 6.07) is 19.4. The topological polar surface area (TPSA) is 83.4 Å². The standard InChI is InChI=1S/C23H19N4O2S/c28-21(16-6-2-1-3-7-16)17-8-4-10-19(12-17)27-23(29)25-14-20-15-30-22(26-20)18-9-5-11-24-13-18/h1-13,15,30H,14H2,(H2,25,27,29)/q-1. The molecule has 6 nitrogen and oxygen atoms in total. The van der Waals surface area contributed by atoms with Crippen LogP contribution in [0.3, 0.4) is 0 Å². The predicted molar refractivity (Wildman–Crippen MR) is 120 cm³/mol. The Morgan fingerprint density at radius 2 is 1.83 bits per heavy atom. The van der Waals surface area contributed by atoms with E-state index in [1.165, 1.54) is 0 Å². The minimum Gasteiger partial charge on any atom is -0.343 e. The van der Waals surface area contributed by atoms with Crippen LogP contribution in [0.15, 0.2) is 84.1 Å². The number of anilines is 1. The summed E-state index contributed by atoms with van der Waals surface area (Å²) in [6.07, 6.45) is 3.49. The van der Waals surface area contributed by atoms with Gasteiger partial charge >= 0.3 is 6.03 Å². The highest BCUT2D eigenvalue weighted by molar-refractivity contribution is 7.85. The summed E-state index contributed by atoms with van der Waals surface area (Å²) in [7, 11) is 0. The molecule has 0 saturated carbocycles. The Bertz CT molecular complexity index is 1070. The molecule has 0 atom stereocenters. The van der Waals surface area contributed by atoms with Crippen LogP contribution in [0.4, 0.5) is 10.5 Å². The lowest BCUT2D eigenvalue weighted by Gasteiger charge is -2.11. The number of hydrogen-bond donors (Lipinski definition) is 2. The van der Waals surface area contributed by atoms with Gasteiger partial charge in [-0.25, -0.2) is 4.79 Å². The van der Waals surface area contributed by atoms with Gasteiger partial charge in [0.05, 0.1) is 0 Å². The van der Waals surface area contributed by atoms with Crippen LogP contribution < -0.4 is 10.6 Å². The number of rotatable bonds is 6. The molecule has 2 aromatic carbocycles. The average Bonchev–Trinajstić information content (AvgIpc) is 3.28. The number of hydrogen-bond acceptors (Lipinski definition) is 4. The van der Waals surface area contributed by atoms with Gasteiger partial charge in [0.2, 0.25) is 0 Å². The van der Waals surface area contributed by atoms with E-state index in [9.17, 15) is 9.59 Å². The van der Waals surface area contributed by atoms with Crippen molar-refractivity contribution in [1.82, 2.24) is 10.3 Å². The van der Waals surface area contributed by atoms with Crippen LogP contribution in [0.2, 0.25) is 0 Å². The SMILES string of the molecule is O=C(NCC1=N[C-](c2cccnc2)[SH+][CH-]1)Nc1cccc(C(=O)c2ccccc2)c1. The molecule has 7 heteroatoms. The maximum Gasteiger partial charge on any atom is 0.318 e. The Hall–Kier alpha value is -3.71. The lowest BCUT2D eigenvalue weighted by Crippen LogP contribution is -2.33. The van der Waals surface area contributed by atoms with Gasteiger partial charge < -0.3 is 20.6 Å². The summed E-state index contributed by atoms with van der Waals surface area (Å²) >= 11 is 0.978. The molecule has 30 heavy (non-hydrogen) atoms. The first-order valence-electron chi connectivity index (χ1n) is 9.33. The summed E-state index contributed by atoms with van der Waals surface area (Å²) in [5.41, 5.74) is 3.43. The van der Waals surface area contributed by atoms with E-state index in [0.717, 1.165) is 28.4 Å². The number of amides is 2. The van der Waals surface area contributed by atoms with Crippen molar-refractivity contribution in [2.45, 2.75) is 0 Å². The number of aliphatic imine (C=N–C) groups is 1. The number of nitrogens with zero attached hydrogens (tertiary/aromatic N) is 2. The molecule has 0 spiro atoms. The third-order valence-corrected chi connectivity index (χ3v) is 5.38. The second kappa shape index (κ2) is 9.19. The van der Waals surface area contributed by atoms with Gasteiger partial charge in [0, 0.05) is 29.6 Å². The third-order valence-electron chi connectivity index (χ3n) is 4.35. The number of urea groups is 1. The van der Waals surface area contributed by atoms with Crippen LogP contribution in [0.1, 0.15) is 21.5 Å². The second-order valence-electron chi connectivity index (χ2n) is 6.51. The maximum absolute atomic E-state index is 12.6. The van der Waals surface area contributed by atoms with Crippen LogP contribution in [0, 0.1) is 11.1 Å². The van der Waals surface area contributed by atoms with Crippen LogP contribution in [0.5, 0.6) is 0 Å². The highest BCUT2D eigenvalue weighted by Gasteiger charge is 2.14. The molecule has 0 radical (unpaired) electrons. The van der Waals surface area contributed by atoms with Crippen LogP contribution >= 0.6 is 0 Å². The van der Waals surface area contributed by atoms with E-state index in [1.807, 2.05) is 36.1 Å². The minimum atomic E-state index is -0.359. The fourth-order valence-corrected chi connectivity index (χ4v) is 3.78. The highest BCUT2D eigenvalue weighted by atomic mass is 32.2. The quantitative estimate of drug-likeness (QED) is 0.280. The van der Waals surface area contributed by atoms with E-state index < -0.39 is 0 Å². The van der Waals surface area contributed by atoms with E-state index >= 15 is 0 Å². The number of pyridine rings is 1. The number of nitrogens with one attached hydrogen (secondary N) is 2. The summed E-state index contributed by atoms with van der Waals surface area (Å²) in [6.45, 7) is 0.311. The van der Waals surface area contributed by atoms with E-state index in [2.05, 4.69) is 20.6 Å². The first kappa shape index (κ1) is 19.6. The van der Waals surface area contributed by atoms with E-state index in [0.29, 0.717) is 23.4 Å². The summed E-state index contributed by atoms with van der Waals surface area (Å²) < 4.78 is 0. The zero-order valence-electron chi connectivity index (χ0n) is 15.9. The molecule has 1 aromatic heterocycles. The molecule has 150 valence electrons. The highest BCUT2D eigenvalue weighted by Crippen LogP contribution is 2.24. The Labute approximate surface area is 178 Å². The van der Waals surface area contributed by atoms with Gasteiger partial charge in [-0.1, -0.05) is 54.1 Å². The number of benzene rings is 2. The van der Waals surface area contributed by atoms with Gasteiger partial charge in [0.1, 0.15) is 5.37 Å². The van der Waals surface area contributed by atoms with Crippen LogP contribution in [0.25, 0.3) is 0 Å². The smallest absolute Gasteiger partial charge is 0.318 e. The molecule has 0 unspecified atom stereocenters. The molecular formula is C23H19N4O2S-. The molecule has 2 heterocycles. The van der Waals surface area contributed by atoms with Crippen LogP contribution in [-0.2, 0) is 11.8 Å². The van der Waals surface area contributed by atoms with Crippen molar-refractivity contribution >= 4 is 35.0 Å². The lowest BCUT2D eigenvalue weighted by molar-refractivity contribution is 0.103. The maximum atomic E-state index is 12.6. The van der Waals surface area contributed by atoms with Gasteiger partial charge in [0.15, 0.2) is 5.78 Å². The largest absolute Gasteiger partial charge is 0.343 e. The van der Waals surface area contributed by atoms with Crippen molar-refractivity contribution in [2.75, 3.05) is 11.9 Å². The lowest BCUT2D eigenvalue weighted by atomic mass is 10.0. The molecule has 3 aromatic rings.